The number of carbonyl (C=O) groups excluding carboxylic acids is 2. The van der Waals surface area contributed by atoms with Gasteiger partial charge in [-0.25, -0.2) is 9.97 Å². The number of aryl methyl sites for hydroxylation is 3. The number of amides is 2. The summed E-state index contributed by atoms with van der Waals surface area (Å²) in [5, 5.41) is 7.23. The molecule has 132 valence electrons. The van der Waals surface area contributed by atoms with Crippen molar-refractivity contribution in [1.29, 1.82) is 0 Å². The first-order valence-electron chi connectivity index (χ1n) is 8.23. The molecule has 1 aliphatic heterocycles. The van der Waals surface area contributed by atoms with Gasteiger partial charge in [0.2, 0.25) is 5.91 Å². The number of nitrogens with zero attached hydrogens (tertiary/aromatic N) is 5. The molecule has 2 amide bonds. The summed E-state index contributed by atoms with van der Waals surface area (Å²) >= 11 is 0. The van der Waals surface area contributed by atoms with Gasteiger partial charge in [0.15, 0.2) is 0 Å². The Morgan fingerprint density at radius 1 is 1.28 bits per heavy atom. The van der Waals surface area contributed by atoms with Gasteiger partial charge in [0.05, 0.1) is 17.8 Å². The summed E-state index contributed by atoms with van der Waals surface area (Å²) in [5.41, 5.74) is 1.97. The molecule has 0 aromatic carbocycles. The minimum atomic E-state index is -0.262. The number of rotatable bonds is 3. The molecular weight excluding hydrogens is 320 g/mol. The lowest BCUT2D eigenvalue weighted by Gasteiger charge is -2.39. The third-order valence-corrected chi connectivity index (χ3v) is 4.54. The summed E-state index contributed by atoms with van der Waals surface area (Å²) in [4.78, 5) is 34.9. The monoisotopic (exact) mass is 342 g/mol. The highest BCUT2D eigenvalue weighted by atomic mass is 16.2. The fourth-order valence-electron chi connectivity index (χ4n) is 3.34. The number of nitrogens with one attached hydrogen (secondary N) is 1. The number of likely N-dealkylation sites (N-methyl/N-ethyl adjacent to an activating group) is 1. The van der Waals surface area contributed by atoms with Gasteiger partial charge in [-0.05, 0) is 32.4 Å². The summed E-state index contributed by atoms with van der Waals surface area (Å²) in [7, 11) is 3.59. The molecule has 0 bridgehead atoms. The molecule has 0 unspecified atom stereocenters. The Labute approximate surface area is 146 Å². The molecule has 3 heterocycles. The molecule has 2 atom stereocenters. The Morgan fingerprint density at radius 3 is 2.68 bits per heavy atom. The van der Waals surface area contributed by atoms with E-state index in [1.807, 2.05) is 20.0 Å². The van der Waals surface area contributed by atoms with Crippen LogP contribution in [0.3, 0.4) is 0 Å². The SMILES string of the molecule is Cc1cc(C(=O)N[C@@H]2CCC(=O)N(C)[C@H]2c2ccnn2C)nc(C)n1. The van der Waals surface area contributed by atoms with Crippen LogP contribution in [-0.4, -0.2) is 49.6 Å². The van der Waals surface area contributed by atoms with Gasteiger partial charge in [-0.3, -0.25) is 14.3 Å². The van der Waals surface area contributed by atoms with E-state index in [1.165, 1.54) is 0 Å². The number of likely N-dealkylation sites (tertiary alicyclic amines) is 1. The zero-order valence-electron chi connectivity index (χ0n) is 14.9. The molecule has 8 nitrogen and oxygen atoms in total. The van der Waals surface area contributed by atoms with E-state index in [4.69, 9.17) is 0 Å². The van der Waals surface area contributed by atoms with Gasteiger partial charge >= 0.3 is 0 Å². The predicted molar refractivity (Wildman–Crippen MR) is 90.7 cm³/mol. The number of piperidine rings is 1. The lowest BCUT2D eigenvalue weighted by molar-refractivity contribution is -0.136. The van der Waals surface area contributed by atoms with Gasteiger partial charge in [-0.2, -0.15) is 5.10 Å². The molecular formula is C17H22N6O2. The van der Waals surface area contributed by atoms with Crippen LogP contribution in [0.4, 0.5) is 0 Å². The first kappa shape index (κ1) is 17.1. The third-order valence-electron chi connectivity index (χ3n) is 4.54. The maximum absolute atomic E-state index is 12.7. The van der Waals surface area contributed by atoms with Gasteiger partial charge in [0.1, 0.15) is 11.5 Å². The third kappa shape index (κ3) is 3.38. The second-order valence-corrected chi connectivity index (χ2v) is 6.39. The summed E-state index contributed by atoms with van der Waals surface area (Å²) in [6, 6.07) is 3.07. The maximum atomic E-state index is 12.7. The Kier molecular flexibility index (Phi) is 4.52. The molecule has 2 aromatic heterocycles. The van der Waals surface area contributed by atoms with Crippen LogP contribution in [0.25, 0.3) is 0 Å². The first-order chi connectivity index (χ1) is 11.9. The van der Waals surface area contributed by atoms with Crippen LogP contribution >= 0.6 is 0 Å². The van der Waals surface area contributed by atoms with Crippen molar-refractivity contribution >= 4 is 11.8 Å². The molecule has 0 spiro atoms. The van der Waals surface area contributed by atoms with Crippen LogP contribution in [0, 0.1) is 13.8 Å². The van der Waals surface area contributed by atoms with Crippen LogP contribution < -0.4 is 5.32 Å². The van der Waals surface area contributed by atoms with Crippen molar-refractivity contribution in [2.75, 3.05) is 7.05 Å². The molecule has 2 aromatic rings. The average molecular weight is 342 g/mol. The summed E-state index contributed by atoms with van der Waals surface area (Å²) in [6.45, 7) is 3.59. The molecule has 1 saturated heterocycles. The largest absolute Gasteiger partial charge is 0.345 e. The molecule has 3 rings (SSSR count). The molecule has 0 aliphatic carbocycles. The Balaban J connectivity index is 1.87. The summed E-state index contributed by atoms with van der Waals surface area (Å²) < 4.78 is 1.73. The first-order valence-corrected chi connectivity index (χ1v) is 8.23. The molecule has 25 heavy (non-hydrogen) atoms. The van der Waals surface area contributed by atoms with E-state index in [-0.39, 0.29) is 23.9 Å². The van der Waals surface area contributed by atoms with Crippen LogP contribution in [0.2, 0.25) is 0 Å². The van der Waals surface area contributed by atoms with Crippen LogP contribution in [-0.2, 0) is 11.8 Å². The van der Waals surface area contributed by atoms with E-state index < -0.39 is 0 Å². The molecule has 0 saturated carbocycles. The highest BCUT2D eigenvalue weighted by Gasteiger charge is 2.37. The normalized spacial score (nSPS) is 20.6. The molecule has 1 N–H and O–H groups in total. The Hall–Kier alpha value is -2.77. The molecule has 0 radical (unpaired) electrons. The minimum absolute atomic E-state index is 0.0606. The van der Waals surface area contributed by atoms with E-state index in [1.54, 1.807) is 35.8 Å². The predicted octanol–water partition coefficient (Wildman–Crippen LogP) is 0.919. The lowest BCUT2D eigenvalue weighted by Crippen LogP contribution is -2.51. The fourth-order valence-corrected chi connectivity index (χ4v) is 3.34. The lowest BCUT2D eigenvalue weighted by atomic mass is 9.93. The van der Waals surface area contributed by atoms with Crippen molar-refractivity contribution in [1.82, 2.24) is 30.0 Å². The highest BCUT2D eigenvalue weighted by Crippen LogP contribution is 2.30. The standard InChI is InChI=1S/C17H22N6O2/c1-10-9-13(20-11(2)19-10)17(25)21-12-5-6-15(24)22(3)16(12)14-7-8-18-23(14)4/h7-9,12,16H,5-6H2,1-4H3,(H,21,25)/t12-,16-/m1/s1. The highest BCUT2D eigenvalue weighted by molar-refractivity contribution is 5.92. The Bertz CT molecular complexity index is 795. The zero-order valence-corrected chi connectivity index (χ0v) is 14.9. The van der Waals surface area contributed by atoms with Crippen molar-refractivity contribution < 1.29 is 9.59 Å². The fraction of sp³-hybridized carbons (Fsp3) is 0.471. The van der Waals surface area contributed by atoms with E-state index in [2.05, 4.69) is 20.4 Å². The second kappa shape index (κ2) is 6.62. The number of carbonyl (C=O) groups is 2. The van der Waals surface area contributed by atoms with Crippen molar-refractivity contribution in [3.05, 3.63) is 41.2 Å². The van der Waals surface area contributed by atoms with Crippen molar-refractivity contribution in [2.24, 2.45) is 7.05 Å². The van der Waals surface area contributed by atoms with Crippen molar-refractivity contribution in [3.63, 3.8) is 0 Å². The van der Waals surface area contributed by atoms with E-state index in [9.17, 15) is 9.59 Å². The summed E-state index contributed by atoms with van der Waals surface area (Å²) in [5.74, 6) is 0.364. The van der Waals surface area contributed by atoms with Crippen molar-refractivity contribution in [2.45, 2.75) is 38.8 Å². The van der Waals surface area contributed by atoms with Crippen molar-refractivity contribution in [3.8, 4) is 0 Å². The number of aromatic nitrogens is 4. The van der Waals surface area contributed by atoms with Crippen LogP contribution in [0.5, 0.6) is 0 Å². The zero-order chi connectivity index (χ0) is 18.1. The van der Waals surface area contributed by atoms with Gasteiger partial charge < -0.3 is 10.2 Å². The average Bonchev–Trinajstić information content (AvgIpc) is 2.96. The second-order valence-electron chi connectivity index (χ2n) is 6.39. The van der Waals surface area contributed by atoms with E-state index in [0.717, 1.165) is 11.4 Å². The topological polar surface area (TPSA) is 93.0 Å². The maximum Gasteiger partial charge on any atom is 0.270 e. The molecule has 8 heteroatoms. The molecule has 1 aliphatic rings. The van der Waals surface area contributed by atoms with E-state index >= 15 is 0 Å². The van der Waals surface area contributed by atoms with Gasteiger partial charge in [-0.1, -0.05) is 0 Å². The van der Waals surface area contributed by atoms with Gasteiger partial charge in [0.25, 0.3) is 5.91 Å². The van der Waals surface area contributed by atoms with Crippen LogP contribution in [0.15, 0.2) is 18.3 Å². The Morgan fingerprint density at radius 2 is 2.04 bits per heavy atom. The van der Waals surface area contributed by atoms with Gasteiger partial charge in [0, 0.05) is 32.4 Å². The number of hydrogen-bond donors (Lipinski definition) is 1. The number of hydrogen-bond acceptors (Lipinski definition) is 5. The summed E-state index contributed by atoms with van der Waals surface area (Å²) in [6.07, 6.45) is 2.67. The quantitative estimate of drug-likeness (QED) is 0.895. The van der Waals surface area contributed by atoms with Crippen LogP contribution in [0.1, 0.15) is 46.6 Å². The molecule has 1 fully saturated rings. The minimum Gasteiger partial charge on any atom is -0.345 e. The van der Waals surface area contributed by atoms with E-state index in [0.29, 0.717) is 24.4 Å². The van der Waals surface area contributed by atoms with Gasteiger partial charge in [-0.15, -0.1) is 0 Å². The smallest absolute Gasteiger partial charge is 0.270 e.